The van der Waals surface area contributed by atoms with Crippen LogP contribution < -0.4 is 11.2 Å². The van der Waals surface area contributed by atoms with Crippen LogP contribution in [-0.2, 0) is 4.79 Å². The highest BCUT2D eigenvalue weighted by atomic mass is 16.1. The molecule has 0 aromatic heterocycles. The van der Waals surface area contributed by atoms with Crippen molar-refractivity contribution in [1.29, 1.82) is 0 Å². The Bertz CT molecular complexity index is 227. The number of carbonyl (C=O) groups is 1. The van der Waals surface area contributed by atoms with Gasteiger partial charge in [0.2, 0.25) is 5.91 Å². The number of allylic oxidation sites excluding steroid dienone is 2. The summed E-state index contributed by atoms with van der Waals surface area (Å²) in [5, 5.41) is 3.64. The molecular weight excluding hydrogens is 130 g/mol. The SMILES string of the molecule is NC(=O)C1=CC=CNN=C1. The molecule has 0 radical (unpaired) electrons. The second kappa shape index (κ2) is 2.82. The van der Waals surface area contributed by atoms with Crippen molar-refractivity contribution < 1.29 is 4.79 Å². The monoisotopic (exact) mass is 137 g/mol. The Morgan fingerprint density at radius 1 is 1.70 bits per heavy atom. The van der Waals surface area contributed by atoms with Gasteiger partial charge in [-0.05, 0) is 12.2 Å². The van der Waals surface area contributed by atoms with Crippen molar-refractivity contribution >= 4 is 12.1 Å². The van der Waals surface area contributed by atoms with Gasteiger partial charge in [-0.15, -0.1) is 0 Å². The van der Waals surface area contributed by atoms with E-state index in [0.29, 0.717) is 5.57 Å². The van der Waals surface area contributed by atoms with Gasteiger partial charge in [-0.25, -0.2) is 0 Å². The van der Waals surface area contributed by atoms with Gasteiger partial charge in [0, 0.05) is 6.20 Å². The van der Waals surface area contributed by atoms with Crippen molar-refractivity contribution in [2.24, 2.45) is 10.8 Å². The third-order valence-electron chi connectivity index (χ3n) is 1.01. The quantitative estimate of drug-likeness (QED) is 0.511. The van der Waals surface area contributed by atoms with Crippen molar-refractivity contribution in [3.8, 4) is 0 Å². The van der Waals surface area contributed by atoms with Crippen LogP contribution in [0.1, 0.15) is 0 Å². The highest BCUT2D eigenvalue weighted by Gasteiger charge is 1.99. The molecule has 0 saturated carbocycles. The second-order valence-corrected chi connectivity index (χ2v) is 1.73. The van der Waals surface area contributed by atoms with Crippen LogP contribution in [0.15, 0.2) is 29.0 Å². The molecule has 0 unspecified atom stereocenters. The van der Waals surface area contributed by atoms with Crippen LogP contribution in [0.3, 0.4) is 0 Å². The predicted molar refractivity (Wildman–Crippen MR) is 38.0 cm³/mol. The number of amides is 1. The molecule has 0 aromatic rings. The maximum absolute atomic E-state index is 10.5. The van der Waals surface area contributed by atoms with E-state index in [9.17, 15) is 4.79 Å². The summed E-state index contributed by atoms with van der Waals surface area (Å²) in [6, 6.07) is 0. The Hall–Kier alpha value is -1.58. The van der Waals surface area contributed by atoms with Gasteiger partial charge in [-0.1, -0.05) is 0 Å². The lowest BCUT2D eigenvalue weighted by molar-refractivity contribution is -0.114. The van der Waals surface area contributed by atoms with E-state index in [1.54, 1.807) is 18.4 Å². The number of carbonyl (C=O) groups excluding carboxylic acids is 1. The Balaban J connectivity index is 2.83. The first kappa shape index (κ1) is 6.54. The van der Waals surface area contributed by atoms with Gasteiger partial charge < -0.3 is 5.73 Å². The largest absolute Gasteiger partial charge is 0.366 e. The number of primary amides is 1. The third-order valence-corrected chi connectivity index (χ3v) is 1.01. The van der Waals surface area contributed by atoms with E-state index in [4.69, 9.17) is 5.73 Å². The van der Waals surface area contributed by atoms with Gasteiger partial charge >= 0.3 is 0 Å². The molecule has 0 fully saturated rings. The number of nitrogens with one attached hydrogen (secondary N) is 1. The van der Waals surface area contributed by atoms with E-state index in [2.05, 4.69) is 10.5 Å². The minimum Gasteiger partial charge on any atom is -0.366 e. The predicted octanol–water partition coefficient (Wildman–Crippen LogP) is -0.499. The zero-order valence-electron chi connectivity index (χ0n) is 5.24. The summed E-state index contributed by atoms with van der Waals surface area (Å²) in [5.41, 5.74) is 7.93. The fourth-order valence-electron chi connectivity index (χ4n) is 0.533. The lowest BCUT2D eigenvalue weighted by Gasteiger charge is -1.88. The fourth-order valence-corrected chi connectivity index (χ4v) is 0.533. The molecule has 0 bridgehead atoms. The summed E-state index contributed by atoms with van der Waals surface area (Å²) in [7, 11) is 0. The van der Waals surface area contributed by atoms with Crippen LogP contribution in [0.25, 0.3) is 0 Å². The Morgan fingerprint density at radius 3 is 3.20 bits per heavy atom. The molecule has 0 aliphatic carbocycles. The van der Waals surface area contributed by atoms with Crippen molar-refractivity contribution in [3.05, 3.63) is 23.9 Å². The summed E-state index contributed by atoms with van der Waals surface area (Å²) >= 11 is 0. The summed E-state index contributed by atoms with van der Waals surface area (Å²) in [6.45, 7) is 0. The Labute approximate surface area is 58.1 Å². The van der Waals surface area contributed by atoms with Gasteiger partial charge in [0.1, 0.15) is 0 Å². The van der Waals surface area contributed by atoms with Gasteiger partial charge in [0.05, 0.1) is 11.8 Å². The Kier molecular flexibility index (Phi) is 1.84. The molecule has 52 valence electrons. The van der Waals surface area contributed by atoms with E-state index < -0.39 is 5.91 Å². The van der Waals surface area contributed by atoms with Crippen molar-refractivity contribution in [3.63, 3.8) is 0 Å². The number of hydrogen-bond acceptors (Lipinski definition) is 3. The standard InChI is InChI=1S/C6H7N3O/c7-6(10)5-2-1-3-8-9-4-5/h1-4,8H,(H2,7,10). The van der Waals surface area contributed by atoms with E-state index in [0.717, 1.165) is 0 Å². The van der Waals surface area contributed by atoms with Crippen molar-refractivity contribution in [2.45, 2.75) is 0 Å². The number of hydrazone groups is 1. The van der Waals surface area contributed by atoms with Crippen LogP contribution in [0, 0.1) is 0 Å². The number of nitrogens with two attached hydrogens (primary N) is 1. The average molecular weight is 137 g/mol. The molecule has 1 rings (SSSR count). The minimum atomic E-state index is -0.475. The first-order valence-corrected chi connectivity index (χ1v) is 2.76. The van der Waals surface area contributed by atoms with Gasteiger partial charge in [0.15, 0.2) is 0 Å². The molecule has 1 aliphatic rings. The smallest absolute Gasteiger partial charge is 0.250 e. The van der Waals surface area contributed by atoms with Crippen LogP contribution >= 0.6 is 0 Å². The van der Waals surface area contributed by atoms with Crippen LogP contribution in [0.2, 0.25) is 0 Å². The molecule has 1 aliphatic heterocycles. The Morgan fingerprint density at radius 2 is 2.50 bits per heavy atom. The minimum absolute atomic E-state index is 0.390. The summed E-state index contributed by atoms with van der Waals surface area (Å²) < 4.78 is 0. The molecule has 1 amide bonds. The zero-order chi connectivity index (χ0) is 7.40. The lowest BCUT2D eigenvalue weighted by Crippen LogP contribution is -2.14. The van der Waals surface area contributed by atoms with Gasteiger partial charge in [-0.3, -0.25) is 10.2 Å². The van der Waals surface area contributed by atoms with Crippen molar-refractivity contribution in [2.75, 3.05) is 0 Å². The number of nitrogens with zero attached hydrogens (tertiary/aromatic N) is 1. The summed E-state index contributed by atoms with van der Waals surface area (Å²) in [6.07, 6.45) is 6.23. The van der Waals surface area contributed by atoms with Gasteiger partial charge in [0.25, 0.3) is 0 Å². The molecule has 0 spiro atoms. The van der Waals surface area contributed by atoms with Crippen molar-refractivity contribution in [1.82, 2.24) is 5.43 Å². The molecule has 10 heavy (non-hydrogen) atoms. The molecule has 4 nitrogen and oxygen atoms in total. The molecule has 1 heterocycles. The number of hydrogen-bond donors (Lipinski definition) is 2. The molecule has 0 aromatic carbocycles. The van der Waals surface area contributed by atoms with Gasteiger partial charge in [-0.2, -0.15) is 5.10 Å². The van der Waals surface area contributed by atoms with Crippen LogP contribution in [0.5, 0.6) is 0 Å². The van der Waals surface area contributed by atoms with E-state index in [1.807, 2.05) is 0 Å². The maximum Gasteiger partial charge on any atom is 0.250 e. The normalized spacial score (nSPS) is 15.4. The number of rotatable bonds is 1. The molecular formula is C6H7N3O. The van der Waals surface area contributed by atoms with E-state index in [1.165, 1.54) is 6.21 Å². The zero-order valence-corrected chi connectivity index (χ0v) is 5.24. The van der Waals surface area contributed by atoms with Crippen LogP contribution in [0.4, 0.5) is 0 Å². The first-order valence-electron chi connectivity index (χ1n) is 2.76. The summed E-state index contributed by atoms with van der Waals surface area (Å²) in [4.78, 5) is 10.5. The molecule has 0 atom stereocenters. The molecule has 4 heteroatoms. The highest BCUT2D eigenvalue weighted by molar-refractivity contribution is 6.11. The maximum atomic E-state index is 10.5. The third kappa shape index (κ3) is 1.45. The lowest BCUT2D eigenvalue weighted by atomic mass is 10.2. The molecule has 3 N–H and O–H groups in total. The van der Waals surface area contributed by atoms with E-state index >= 15 is 0 Å². The molecule has 0 saturated heterocycles. The summed E-state index contributed by atoms with van der Waals surface area (Å²) in [5.74, 6) is -0.475. The second-order valence-electron chi connectivity index (χ2n) is 1.73. The average Bonchev–Trinajstić information content (AvgIpc) is 2.12. The highest BCUT2D eigenvalue weighted by Crippen LogP contribution is 1.91. The topological polar surface area (TPSA) is 67.5 Å². The van der Waals surface area contributed by atoms with Crippen LogP contribution in [-0.4, -0.2) is 12.1 Å². The van der Waals surface area contributed by atoms with E-state index in [-0.39, 0.29) is 0 Å². The fraction of sp³-hybridized carbons (Fsp3) is 0. The first-order chi connectivity index (χ1) is 4.80.